The van der Waals surface area contributed by atoms with Gasteiger partial charge in [-0.2, -0.15) is 0 Å². The van der Waals surface area contributed by atoms with Crippen LogP contribution in [0.3, 0.4) is 0 Å². The Morgan fingerprint density at radius 1 is 0.618 bits per heavy atom. The molecule has 1 fully saturated rings. The summed E-state index contributed by atoms with van der Waals surface area (Å²) in [5, 5.41) is 0. The zero-order valence-corrected chi connectivity index (χ0v) is 35.0. The second kappa shape index (κ2) is 11.1. The molecule has 3 aliphatic heterocycles. The first kappa shape index (κ1) is 35.0. The number of fused-ring (bicyclic) bond motifs is 8. The number of hydrogen-bond donors (Lipinski definition) is 0. The molecule has 0 saturated heterocycles. The summed E-state index contributed by atoms with van der Waals surface area (Å²) in [6.07, 6.45) is 5.01. The predicted octanol–water partition coefficient (Wildman–Crippen LogP) is 12.3. The van der Waals surface area contributed by atoms with Gasteiger partial charge in [-0.05, 0) is 106 Å². The number of hydrogen-bond acceptors (Lipinski definition) is 2. The molecular formula is C52H57BN2. The van der Waals surface area contributed by atoms with Crippen LogP contribution < -0.4 is 20.7 Å². The van der Waals surface area contributed by atoms with Crippen molar-refractivity contribution in [3.8, 4) is 11.1 Å². The molecule has 5 aromatic rings. The molecule has 0 bridgehead atoms. The molecule has 2 unspecified atom stereocenters. The summed E-state index contributed by atoms with van der Waals surface area (Å²) in [6, 6.07) is 38.2. The van der Waals surface area contributed by atoms with Gasteiger partial charge in [-0.25, -0.2) is 0 Å². The summed E-state index contributed by atoms with van der Waals surface area (Å²) in [6.45, 7) is 27.0. The monoisotopic (exact) mass is 720 g/mol. The average molecular weight is 721 g/mol. The van der Waals surface area contributed by atoms with Crippen molar-refractivity contribution in [2.45, 2.75) is 129 Å². The standard InChI is InChI=1S/C52H57BN2/c1-32-27-42-44-43(28-32)55-46-39(51(10)25-17-18-26-52(51,55)11)30-35(49(5,6)7)31-40(46)53(44)47-45(36-21-15-16-22-38(36)50(47,8)9)54(42)41-24-23-34(48(2,3)4)29-37(41)33-19-13-12-14-20-33/h12-16,19-24,27-31H,17-18,25-26H2,1-11H3. The van der Waals surface area contributed by atoms with Crippen LogP contribution in [-0.2, 0) is 21.7 Å². The number of anilines is 4. The van der Waals surface area contributed by atoms with Crippen LogP contribution in [0.15, 0.2) is 103 Å². The molecule has 278 valence electrons. The van der Waals surface area contributed by atoms with E-state index >= 15 is 0 Å². The molecule has 2 atom stereocenters. The molecule has 0 N–H and O–H groups in total. The van der Waals surface area contributed by atoms with Crippen molar-refractivity contribution in [2.75, 3.05) is 9.80 Å². The molecule has 5 aliphatic rings. The Balaban J connectivity index is 1.37. The molecule has 1 saturated carbocycles. The van der Waals surface area contributed by atoms with Crippen LogP contribution in [0.1, 0.15) is 128 Å². The summed E-state index contributed by atoms with van der Waals surface area (Å²) in [5.41, 5.74) is 22.5. The van der Waals surface area contributed by atoms with Gasteiger partial charge in [-0.1, -0.05) is 153 Å². The van der Waals surface area contributed by atoms with E-state index in [1.54, 1.807) is 11.0 Å². The molecule has 0 radical (unpaired) electrons. The maximum atomic E-state index is 2.89. The Kier molecular flexibility index (Phi) is 7.05. The second-order valence-corrected chi connectivity index (χ2v) is 20.6. The third-order valence-electron chi connectivity index (χ3n) is 14.9. The molecule has 0 spiro atoms. The number of nitrogens with zero attached hydrogens (tertiary/aromatic N) is 2. The normalized spacial score (nSPS) is 23.0. The third-order valence-corrected chi connectivity index (χ3v) is 14.9. The van der Waals surface area contributed by atoms with Crippen molar-refractivity contribution in [1.29, 1.82) is 0 Å². The van der Waals surface area contributed by atoms with Gasteiger partial charge in [0.2, 0.25) is 6.71 Å². The Hall–Kier alpha value is -4.50. The molecule has 10 rings (SSSR count). The van der Waals surface area contributed by atoms with E-state index < -0.39 is 0 Å². The quantitative estimate of drug-likeness (QED) is 0.168. The van der Waals surface area contributed by atoms with Crippen molar-refractivity contribution in [3.05, 3.63) is 136 Å². The lowest BCUT2D eigenvalue weighted by Crippen LogP contribution is -2.62. The van der Waals surface area contributed by atoms with E-state index in [1.807, 2.05) is 0 Å². The van der Waals surface area contributed by atoms with Crippen LogP contribution in [-0.4, -0.2) is 12.3 Å². The van der Waals surface area contributed by atoms with E-state index in [1.165, 1.54) is 104 Å². The summed E-state index contributed by atoms with van der Waals surface area (Å²) >= 11 is 0. The summed E-state index contributed by atoms with van der Waals surface area (Å²) < 4.78 is 0. The van der Waals surface area contributed by atoms with Crippen LogP contribution in [0.4, 0.5) is 22.7 Å². The highest BCUT2D eigenvalue weighted by Crippen LogP contribution is 2.64. The first-order valence-electron chi connectivity index (χ1n) is 21.0. The number of benzene rings is 5. The van der Waals surface area contributed by atoms with Gasteiger partial charge in [0.25, 0.3) is 0 Å². The van der Waals surface area contributed by atoms with Crippen molar-refractivity contribution >= 4 is 46.1 Å². The Bertz CT molecular complexity index is 2490. The summed E-state index contributed by atoms with van der Waals surface area (Å²) in [4.78, 5) is 5.61. The molecular weight excluding hydrogens is 663 g/mol. The maximum Gasteiger partial charge on any atom is 0.248 e. The number of allylic oxidation sites excluding steroid dienone is 1. The van der Waals surface area contributed by atoms with Crippen molar-refractivity contribution < 1.29 is 0 Å². The first-order chi connectivity index (χ1) is 26.0. The fourth-order valence-electron chi connectivity index (χ4n) is 11.7. The molecule has 3 heterocycles. The molecule has 5 aromatic carbocycles. The molecule has 2 aliphatic carbocycles. The van der Waals surface area contributed by atoms with Gasteiger partial charge < -0.3 is 9.80 Å². The number of aryl methyl sites for hydroxylation is 1. The minimum atomic E-state index is -0.182. The van der Waals surface area contributed by atoms with Crippen molar-refractivity contribution in [3.63, 3.8) is 0 Å². The Morgan fingerprint density at radius 3 is 2.02 bits per heavy atom. The minimum absolute atomic E-state index is 0.0113. The molecule has 0 amide bonds. The van der Waals surface area contributed by atoms with E-state index in [2.05, 4.69) is 183 Å². The van der Waals surface area contributed by atoms with E-state index in [-0.39, 0.29) is 33.9 Å². The lowest BCUT2D eigenvalue weighted by molar-refractivity contribution is 0.195. The zero-order valence-electron chi connectivity index (χ0n) is 35.0. The van der Waals surface area contributed by atoms with E-state index in [4.69, 9.17) is 0 Å². The second-order valence-electron chi connectivity index (χ2n) is 20.6. The van der Waals surface area contributed by atoms with E-state index in [9.17, 15) is 0 Å². The molecule has 55 heavy (non-hydrogen) atoms. The van der Waals surface area contributed by atoms with Crippen LogP contribution in [0.2, 0.25) is 0 Å². The minimum Gasteiger partial charge on any atom is -0.335 e. The average Bonchev–Trinajstić information content (AvgIpc) is 3.50. The molecule has 3 heteroatoms. The largest absolute Gasteiger partial charge is 0.335 e. The van der Waals surface area contributed by atoms with Crippen molar-refractivity contribution in [1.82, 2.24) is 0 Å². The Labute approximate surface area is 330 Å². The molecule has 2 nitrogen and oxygen atoms in total. The predicted molar refractivity (Wildman–Crippen MR) is 237 cm³/mol. The van der Waals surface area contributed by atoms with Gasteiger partial charge in [0.1, 0.15) is 0 Å². The SMILES string of the molecule is Cc1cc2c3c(c1)N1c4c(cc(C(C)(C)C)cc4C4(C)CCCCC14C)B3C1=C(c3ccccc3C1(C)C)N2c1ccc(C(C)(C)C)cc1-c1ccccc1. The topological polar surface area (TPSA) is 6.48 Å². The van der Waals surface area contributed by atoms with Gasteiger partial charge >= 0.3 is 0 Å². The van der Waals surface area contributed by atoms with Gasteiger partial charge in [-0.3, -0.25) is 0 Å². The highest BCUT2D eigenvalue weighted by molar-refractivity contribution is 6.96. The first-order valence-corrected chi connectivity index (χ1v) is 21.0. The fraction of sp³-hybridized carbons (Fsp3) is 0.385. The molecule has 0 aromatic heterocycles. The zero-order chi connectivity index (χ0) is 38.6. The van der Waals surface area contributed by atoms with Gasteiger partial charge in [0.05, 0.1) is 11.2 Å². The Morgan fingerprint density at radius 2 is 1.29 bits per heavy atom. The lowest BCUT2D eigenvalue weighted by atomic mass is 9.30. The van der Waals surface area contributed by atoms with Crippen LogP contribution in [0.5, 0.6) is 0 Å². The van der Waals surface area contributed by atoms with Gasteiger partial charge in [0, 0.05) is 44.7 Å². The highest BCUT2D eigenvalue weighted by Gasteiger charge is 2.63. The number of rotatable bonds is 2. The lowest BCUT2D eigenvalue weighted by Gasteiger charge is -2.53. The highest BCUT2D eigenvalue weighted by atomic mass is 15.3. The maximum absolute atomic E-state index is 2.89. The van der Waals surface area contributed by atoms with Gasteiger partial charge in [-0.15, -0.1) is 0 Å². The van der Waals surface area contributed by atoms with Crippen LogP contribution in [0, 0.1) is 6.92 Å². The van der Waals surface area contributed by atoms with Crippen LogP contribution in [0.25, 0.3) is 16.8 Å². The third kappa shape index (κ3) is 4.50. The summed E-state index contributed by atoms with van der Waals surface area (Å²) in [7, 11) is 0. The summed E-state index contributed by atoms with van der Waals surface area (Å²) in [5.74, 6) is 0. The fourth-order valence-corrected chi connectivity index (χ4v) is 11.7. The van der Waals surface area contributed by atoms with E-state index in [0.717, 1.165) is 0 Å². The van der Waals surface area contributed by atoms with E-state index in [0.29, 0.717) is 0 Å². The van der Waals surface area contributed by atoms with Crippen molar-refractivity contribution in [2.24, 2.45) is 0 Å². The van der Waals surface area contributed by atoms with Crippen LogP contribution >= 0.6 is 0 Å². The van der Waals surface area contributed by atoms with Gasteiger partial charge in [0.15, 0.2) is 0 Å². The smallest absolute Gasteiger partial charge is 0.248 e.